The Hall–Kier alpha value is -0.120. The first-order valence-corrected chi connectivity index (χ1v) is 5.92. The van der Waals surface area contributed by atoms with E-state index in [2.05, 4.69) is 4.90 Å². The highest BCUT2D eigenvalue weighted by atomic mass is 16.5. The third kappa shape index (κ3) is 2.47. The van der Waals surface area contributed by atoms with Crippen LogP contribution in [0.15, 0.2) is 0 Å². The molecule has 2 saturated heterocycles. The molecule has 0 aromatic heterocycles. The van der Waals surface area contributed by atoms with E-state index in [0.717, 1.165) is 25.7 Å². The van der Waals surface area contributed by atoms with Crippen LogP contribution in [0.2, 0.25) is 0 Å². The third-order valence-corrected chi connectivity index (χ3v) is 3.54. The van der Waals surface area contributed by atoms with Crippen LogP contribution in [0.4, 0.5) is 0 Å². The lowest BCUT2D eigenvalue weighted by atomic mass is 10.1. The molecule has 3 heteroatoms. The smallest absolute Gasteiger partial charge is 0.0621 e. The van der Waals surface area contributed by atoms with E-state index in [4.69, 9.17) is 10.5 Å². The molecule has 0 aromatic carbocycles. The predicted octanol–water partition coefficient (Wildman–Crippen LogP) is 0.836. The van der Waals surface area contributed by atoms with Crippen LogP contribution in [0, 0.1) is 5.92 Å². The maximum atomic E-state index is 5.59. The standard InChI is InChI=1S/C11H22N2O/c12-5-3-10-4-6-13(8-10)11-2-1-7-14-9-11/h10-11H,1-9,12H2. The molecule has 14 heavy (non-hydrogen) atoms. The van der Waals surface area contributed by atoms with Crippen molar-refractivity contribution < 1.29 is 4.74 Å². The fraction of sp³-hybridized carbons (Fsp3) is 1.00. The topological polar surface area (TPSA) is 38.5 Å². The van der Waals surface area contributed by atoms with Crippen molar-refractivity contribution in [3.8, 4) is 0 Å². The van der Waals surface area contributed by atoms with Gasteiger partial charge in [0.2, 0.25) is 0 Å². The Morgan fingerprint density at radius 1 is 1.36 bits per heavy atom. The average molecular weight is 198 g/mol. The summed E-state index contributed by atoms with van der Waals surface area (Å²) in [7, 11) is 0. The van der Waals surface area contributed by atoms with Crippen LogP contribution in [0.1, 0.15) is 25.7 Å². The molecule has 0 bridgehead atoms. The number of ether oxygens (including phenoxy) is 1. The van der Waals surface area contributed by atoms with Crippen LogP contribution >= 0.6 is 0 Å². The van der Waals surface area contributed by atoms with Crippen LogP contribution in [-0.4, -0.2) is 43.8 Å². The van der Waals surface area contributed by atoms with E-state index in [0.29, 0.717) is 6.04 Å². The summed E-state index contributed by atoms with van der Waals surface area (Å²) in [5, 5.41) is 0. The highest BCUT2D eigenvalue weighted by Crippen LogP contribution is 2.24. The van der Waals surface area contributed by atoms with Crippen molar-refractivity contribution in [1.29, 1.82) is 0 Å². The lowest BCUT2D eigenvalue weighted by Gasteiger charge is -2.30. The summed E-state index contributed by atoms with van der Waals surface area (Å²) in [6, 6.07) is 0.700. The zero-order valence-corrected chi connectivity index (χ0v) is 8.95. The molecule has 2 N–H and O–H groups in total. The van der Waals surface area contributed by atoms with Crippen molar-refractivity contribution in [2.24, 2.45) is 11.7 Å². The number of likely N-dealkylation sites (tertiary alicyclic amines) is 1. The molecule has 2 unspecified atom stereocenters. The van der Waals surface area contributed by atoms with Gasteiger partial charge in [0.25, 0.3) is 0 Å². The molecule has 0 saturated carbocycles. The molecule has 0 aromatic rings. The fourth-order valence-corrected chi connectivity index (χ4v) is 2.68. The van der Waals surface area contributed by atoms with E-state index < -0.39 is 0 Å². The van der Waals surface area contributed by atoms with E-state index >= 15 is 0 Å². The maximum absolute atomic E-state index is 5.59. The summed E-state index contributed by atoms with van der Waals surface area (Å²) < 4.78 is 5.52. The SMILES string of the molecule is NCCC1CCN(C2CCCOC2)C1. The Morgan fingerprint density at radius 3 is 3.00 bits per heavy atom. The largest absolute Gasteiger partial charge is 0.380 e. The van der Waals surface area contributed by atoms with Crippen LogP contribution in [-0.2, 0) is 4.74 Å². The van der Waals surface area contributed by atoms with Crippen LogP contribution in [0.5, 0.6) is 0 Å². The summed E-state index contributed by atoms with van der Waals surface area (Å²) >= 11 is 0. The van der Waals surface area contributed by atoms with Crippen molar-refractivity contribution >= 4 is 0 Å². The number of hydrogen-bond acceptors (Lipinski definition) is 3. The predicted molar refractivity (Wildman–Crippen MR) is 57.2 cm³/mol. The summed E-state index contributed by atoms with van der Waals surface area (Å²) in [6.07, 6.45) is 5.11. The Kier molecular flexibility index (Phi) is 3.79. The van der Waals surface area contributed by atoms with Crippen LogP contribution in [0.25, 0.3) is 0 Å². The van der Waals surface area contributed by atoms with E-state index in [9.17, 15) is 0 Å². The maximum Gasteiger partial charge on any atom is 0.0621 e. The molecule has 2 aliphatic rings. The van der Waals surface area contributed by atoms with Gasteiger partial charge in [-0.1, -0.05) is 0 Å². The van der Waals surface area contributed by atoms with Crippen molar-refractivity contribution in [3.63, 3.8) is 0 Å². The van der Waals surface area contributed by atoms with Gasteiger partial charge in [-0.05, 0) is 44.7 Å². The minimum atomic E-state index is 0.700. The lowest BCUT2D eigenvalue weighted by molar-refractivity contribution is 0.0254. The monoisotopic (exact) mass is 198 g/mol. The number of nitrogens with two attached hydrogens (primary N) is 1. The Bertz CT molecular complexity index is 169. The van der Waals surface area contributed by atoms with Crippen molar-refractivity contribution in [2.45, 2.75) is 31.7 Å². The molecule has 0 amide bonds. The zero-order chi connectivity index (χ0) is 9.80. The van der Waals surface area contributed by atoms with Crippen molar-refractivity contribution in [3.05, 3.63) is 0 Å². The zero-order valence-electron chi connectivity index (χ0n) is 8.95. The van der Waals surface area contributed by atoms with E-state index in [1.54, 1.807) is 0 Å². The summed E-state index contributed by atoms with van der Waals surface area (Å²) in [6.45, 7) is 5.29. The molecule has 2 fully saturated rings. The quantitative estimate of drug-likeness (QED) is 0.730. The first-order chi connectivity index (χ1) is 6.90. The molecule has 0 aliphatic carbocycles. The van der Waals surface area contributed by atoms with Gasteiger partial charge in [-0.2, -0.15) is 0 Å². The van der Waals surface area contributed by atoms with E-state index in [1.165, 1.54) is 38.8 Å². The first kappa shape index (κ1) is 10.4. The fourth-order valence-electron chi connectivity index (χ4n) is 2.68. The third-order valence-electron chi connectivity index (χ3n) is 3.54. The van der Waals surface area contributed by atoms with Gasteiger partial charge in [0.1, 0.15) is 0 Å². The van der Waals surface area contributed by atoms with E-state index in [-0.39, 0.29) is 0 Å². The van der Waals surface area contributed by atoms with Gasteiger partial charge in [-0.25, -0.2) is 0 Å². The molecule has 82 valence electrons. The van der Waals surface area contributed by atoms with Gasteiger partial charge in [0.05, 0.1) is 6.61 Å². The molecule has 2 heterocycles. The second kappa shape index (κ2) is 5.10. The van der Waals surface area contributed by atoms with Crippen LogP contribution in [0.3, 0.4) is 0 Å². The second-order valence-electron chi connectivity index (χ2n) is 4.60. The average Bonchev–Trinajstić information content (AvgIpc) is 2.68. The van der Waals surface area contributed by atoms with Gasteiger partial charge in [-0.15, -0.1) is 0 Å². The van der Waals surface area contributed by atoms with Crippen molar-refractivity contribution in [1.82, 2.24) is 4.90 Å². The number of rotatable bonds is 3. The lowest BCUT2D eigenvalue weighted by Crippen LogP contribution is -2.39. The minimum absolute atomic E-state index is 0.700. The Labute approximate surface area is 86.6 Å². The number of hydrogen-bond donors (Lipinski definition) is 1. The molecule has 0 spiro atoms. The van der Waals surface area contributed by atoms with Gasteiger partial charge >= 0.3 is 0 Å². The summed E-state index contributed by atoms with van der Waals surface area (Å²) in [5.41, 5.74) is 5.59. The minimum Gasteiger partial charge on any atom is -0.380 e. The van der Waals surface area contributed by atoms with Gasteiger partial charge in [0, 0.05) is 19.2 Å². The molecule has 2 atom stereocenters. The Morgan fingerprint density at radius 2 is 2.29 bits per heavy atom. The van der Waals surface area contributed by atoms with Gasteiger partial charge in [0.15, 0.2) is 0 Å². The number of nitrogens with zero attached hydrogens (tertiary/aromatic N) is 1. The van der Waals surface area contributed by atoms with Crippen molar-refractivity contribution in [2.75, 3.05) is 32.8 Å². The van der Waals surface area contributed by atoms with E-state index in [1.807, 2.05) is 0 Å². The highest BCUT2D eigenvalue weighted by Gasteiger charge is 2.28. The molecule has 2 aliphatic heterocycles. The second-order valence-corrected chi connectivity index (χ2v) is 4.60. The molecular weight excluding hydrogens is 176 g/mol. The van der Waals surface area contributed by atoms with Gasteiger partial charge < -0.3 is 10.5 Å². The highest BCUT2D eigenvalue weighted by molar-refractivity contribution is 4.82. The Balaban J connectivity index is 1.76. The summed E-state index contributed by atoms with van der Waals surface area (Å²) in [4.78, 5) is 2.61. The van der Waals surface area contributed by atoms with Gasteiger partial charge in [-0.3, -0.25) is 4.90 Å². The molecule has 3 nitrogen and oxygen atoms in total. The first-order valence-electron chi connectivity index (χ1n) is 5.92. The molecule has 0 radical (unpaired) electrons. The normalized spacial score (nSPS) is 34.9. The summed E-state index contributed by atoms with van der Waals surface area (Å²) in [5.74, 6) is 0.849. The molecule has 2 rings (SSSR count). The molecular formula is C11H22N2O. The van der Waals surface area contributed by atoms with Crippen LogP contribution < -0.4 is 5.73 Å².